The summed E-state index contributed by atoms with van der Waals surface area (Å²) in [7, 11) is 0. The highest BCUT2D eigenvalue weighted by Crippen LogP contribution is 2.37. The number of ether oxygens (including phenoxy) is 2. The van der Waals surface area contributed by atoms with Gasteiger partial charge in [-0.05, 0) is 25.5 Å². The fourth-order valence-electron chi connectivity index (χ4n) is 3.23. The molecular weight excluding hydrogens is 316 g/mol. The number of hydrogen-bond donors (Lipinski definition) is 3. The molecule has 1 aliphatic carbocycles. The monoisotopic (exact) mass is 340 g/mol. The van der Waals surface area contributed by atoms with Crippen molar-refractivity contribution in [2.75, 3.05) is 0 Å². The lowest BCUT2D eigenvalue weighted by atomic mass is 9.79. The molecule has 1 saturated heterocycles. The van der Waals surface area contributed by atoms with E-state index in [1.165, 1.54) is 13.8 Å². The van der Waals surface area contributed by atoms with Gasteiger partial charge in [0.1, 0.15) is 12.2 Å². The van der Waals surface area contributed by atoms with E-state index in [2.05, 4.69) is 6.58 Å². The molecular formula is C17H24O7. The van der Waals surface area contributed by atoms with Crippen molar-refractivity contribution < 1.29 is 34.4 Å². The fourth-order valence-corrected chi connectivity index (χ4v) is 3.23. The third kappa shape index (κ3) is 3.68. The number of carbonyl (C=O) groups excluding carboxylic acids is 2. The lowest BCUT2D eigenvalue weighted by Gasteiger charge is -2.36. The topological polar surface area (TPSA) is 113 Å². The predicted octanol–water partition coefficient (Wildman–Crippen LogP) is 0.229. The normalized spacial score (nSPS) is 40.4. The molecule has 6 unspecified atom stereocenters. The maximum absolute atomic E-state index is 11.8. The molecule has 134 valence electrons. The van der Waals surface area contributed by atoms with Gasteiger partial charge in [-0.1, -0.05) is 6.58 Å². The van der Waals surface area contributed by atoms with Crippen LogP contribution in [0.2, 0.25) is 0 Å². The molecule has 1 fully saturated rings. The largest absolute Gasteiger partial charge is 0.458 e. The lowest BCUT2D eigenvalue weighted by molar-refractivity contribution is -0.150. The Morgan fingerprint density at radius 1 is 1.46 bits per heavy atom. The Kier molecular flexibility index (Phi) is 5.17. The Morgan fingerprint density at radius 3 is 2.67 bits per heavy atom. The standard InChI is InChI=1S/C17H24O7/c1-8-5-13-15(9(2)16(21)24-13)11(19)7-17(4,22)14(20)6-12(8)23-10(3)18/h5,11-15,19-20,22H,2,6-7H2,1,3-4H3. The number of carbonyl (C=O) groups is 2. The van der Waals surface area contributed by atoms with Gasteiger partial charge in [-0.3, -0.25) is 4.79 Å². The summed E-state index contributed by atoms with van der Waals surface area (Å²) in [6.45, 7) is 7.98. The van der Waals surface area contributed by atoms with Gasteiger partial charge in [-0.25, -0.2) is 4.79 Å². The van der Waals surface area contributed by atoms with Crippen LogP contribution in [0.1, 0.15) is 33.6 Å². The van der Waals surface area contributed by atoms with Crippen LogP contribution < -0.4 is 0 Å². The molecule has 2 rings (SSSR count). The molecule has 3 N–H and O–H groups in total. The van der Waals surface area contributed by atoms with Gasteiger partial charge in [0.2, 0.25) is 0 Å². The van der Waals surface area contributed by atoms with Crippen LogP contribution in [0.25, 0.3) is 0 Å². The zero-order valence-electron chi connectivity index (χ0n) is 14.1. The Balaban J connectivity index is 2.45. The van der Waals surface area contributed by atoms with Crippen molar-refractivity contribution in [1.29, 1.82) is 0 Å². The summed E-state index contributed by atoms with van der Waals surface area (Å²) >= 11 is 0. The summed E-state index contributed by atoms with van der Waals surface area (Å²) in [6, 6.07) is 0. The predicted molar refractivity (Wildman–Crippen MR) is 83.7 cm³/mol. The van der Waals surface area contributed by atoms with Crippen molar-refractivity contribution in [2.45, 2.75) is 63.6 Å². The molecule has 0 aromatic rings. The minimum absolute atomic E-state index is 0.0338. The van der Waals surface area contributed by atoms with Crippen LogP contribution in [0.3, 0.4) is 0 Å². The number of aliphatic hydroxyl groups excluding tert-OH is 2. The van der Waals surface area contributed by atoms with E-state index in [4.69, 9.17) is 9.47 Å². The first-order chi connectivity index (χ1) is 11.0. The van der Waals surface area contributed by atoms with E-state index >= 15 is 0 Å². The minimum Gasteiger partial charge on any atom is -0.458 e. The lowest BCUT2D eigenvalue weighted by Crippen LogP contribution is -2.47. The van der Waals surface area contributed by atoms with Crippen molar-refractivity contribution in [3.8, 4) is 0 Å². The van der Waals surface area contributed by atoms with Gasteiger partial charge in [-0.2, -0.15) is 0 Å². The van der Waals surface area contributed by atoms with E-state index in [1.807, 2.05) is 0 Å². The number of esters is 2. The van der Waals surface area contributed by atoms with Crippen molar-refractivity contribution in [3.05, 3.63) is 23.8 Å². The van der Waals surface area contributed by atoms with E-state index in [1.54, 1.807) is 13.0 Å². The maximum atomic E-state index is 11.8. The van der Waals surface area contributed by atoms with Gasteiger partial charge in [0, 0.05) is 25.3 Å². The molecule has 7 heteroatoms. The highest BCUT2D eigenvalue weighted by atomic mass is 16.6. The third-order valence-electron chi connectivity index (χ3n) is 4.70. The van der Waals surface area contributed by atoms with Gasteiger partial charge in [0.05, 0.1) is 23.7 Å². The zero-order valence-corrected chi connectivity index (χ0v) is 14.1. The Bertz CT molecular complexity index is 577. The summed E-state index contributed by atoms with van der Waals surface area (Å²) in [5.41, 5.74) is -0.954. The van der Waals surface area contributed by atoms with Crippen molar-refractivity contribution in [2.24, 2.45) is 5.92 Å². The first-order valence-electron chi connectivity index (χ1n) is 7.86. The molecule has 0 amide bonds. The number of aliphatic hydroxyl groups is 3. The van der Waals surface area contributed by atoms with Crippen molar-refractivity contribution in [1.82, 2.24) is 0 Å². The summed E-state index contributed by atoms with van der Waals surface area (Å²) < 4.78 is 10.5. The van der Waals surface area contributed by atoms with Crippen LogP contribution >= 0.6 is 0 Å². The molecule has 0 aromatic heterocycles. The first kappa shape index (κ1) is 18.6. The molecule has 0 bridgehead atoms. The second kappa shape index (κ2) is 6.66. The molecule has 6 atom stereocenters. The molecule has 1 heterocycles. The average molecular weight is 340 g/mol. The first-order valence-corrected chi connectivity index (χ1v) is 7.86. The van der Waals surface area contributed by atoms with Crippen LogP contribution in [-0.2, 0) is 19.1 Å². The SMILES string of the molecule is C=C1C(=O)OC2C=C(C)C(OC(C)=O)CC(O)C(C)(O)CC(O)C12. The highest BCUT2D eigenvalue weighted by Gasteiger charge is 2.46. The van der Waals surface area contributed by atoms with Gasteiger partial charge >= 0.3 is 11.9 Å². The van der Waals surface area contributed by atoms with E-state index in [0.717, 1.165) is 0 Å². The quantitative estimate of drug-likeness (QED) is 0.356. The van der Waals surface area contributed by atoms with E-state index in [-0.39, 0.29) is 18.4 Å². The van der Waals surface area contributed by atoms with Gasteiger partial charge in [0.15, 0.2) is 0 Å². The molecule has 0 saturated carbocycles. The fraction of sp³-hybridized carbons (Fsp3) is 0.647. The summed E-state index contributed by atoms with van der Waals surface area (Å²) in [5, 5.41) is 31.3. The zero-order chi connectivity index (χ0) is 18.2. The van der Waals surface area contributed by atoms with Gasteiger partial charge in [-0.15, -0.1) is 0 Å². The average Bonchev–Trinajstić information content (AvgIpc) is 2.70. The number of fused-ring (bicyclic) bond motifs is 1. The summed E-state index contributed by atoms with van der Waals surface area (Å²) in [5.74, 6) is -1.88. The number of rotatable bonds is 1. The molecule has 1 aliphatic heterocycles. The van der Waals surface area contributed by atoms with Crippen LogP contribution in [0.5, 0.6) is 0 Å². The molecule has 0 aromatic carbocycles. The third-order valence-corrected chi connectivity index (χ3v) is 4.70. The minimum atomic E-state index is -1.63. The van der Waals surface area contributed by atoms with E-state index < -0.39 is 47.9 Å². The van der Waals surface area contributed by atoms with E-state index in [9.17, 15) is 24.9 Å². The maximum Gasteiger partial charge on any atom is 0.334 e. The summed E-state index contributed by atoms with van der Waals surface area (Å²) in [6.07, 6.45) is -2.49. The molecule has 7 nitrogen and oxygen atoms in total. The van der Waals surface area contributed by atoms with E-state index in [0.29, 0.717) is 5.57 Å². The molecule has 2 aliphatic rings. The van der Waals surface area contributed by atoms with Crippen LogP contribution in [-0.4, -0.2) is 57.3 Å². The number of hydrogen-bond acceptors (Lipinski definition) is 7. The van der Waals surface area contributed by atoms with Gasteiger partial charge < -0.3 is 24.8 Å². The van der Waals surface area contributed by atoms with Crippen molar-refractivity contribution >= 4 is 11.9 Å². The highest BCUT2D eigenvalue weighted by molar-refractivity contribution is 5.91. The Labute approximate surface area is 140 Å². The van der Waals surface area contributed by atoms with Crippen LogP contribution in [0, 0.1) is 5.92 Å². The second-order valence-corrected chi connectivity index (χ2v) is 6.81. The van der Waals surface area contributed by atoms with Gasteiger partial charge in [0.25, 0.3) is 0 Å². The van der Waals surface area contributed by atoms with Crippen molar-refractivity contribution in [3.63, 3.8) is 0 Å². The smallest absolute Gasteiger partial charge is 0.334 e. The molecule has 0 radical (unpaired) electrons. The Morgan fingerprint density at radius 2 is 2.08 bits per heavy atom. The molecule has 0 spiro atoms. The molecule has 24 heavy (non-hydrogen) atoms. The Hall–Kier alpha value is -1.70. The van der Waals surface area contributed by atoms with Crippen LogP contribution in [0.15, 0.2) is 23.8 Å². The van der Waals surface area contributed by atoms with Crippen LogP contribution in [0.4, 0.5) is 0 Å². The second-order valence-electron chi connectivity index (χ2n) is 6.81. The summed E-state index contributed by atoms with van der Waals surface area (Å²) in [4.78, 5) is 23.1.